The topological polar surface area (TPSA) is 86.6 Å². The molecule has 17 heavy (non-hydrogen) atoms. The summed E-state index contributed by atoms with van der Waals surface area (Å²) in [6.07, 6.45) is 2.55. The van der Waals surface area contributed by atoms with Crippen LogP contribution in [-0.2, 0) is 9.59 Å². The van der Waals surface area contributed by atoms with Crippen LogP contribution in [0.4, 0.5) is 0 Å². The van der Waals surface area contributed by atoms with Crippen molar-refractivity contribution in [3.05, 3.63) is 0 Å². The van der Waals surface area contributed by atoms with Gasteiger partial charge in [-0.25, -0.2) is 0 Å². The number of carboxylic acid groups (broad SMARTS) is 1. The molecule has 0 aromatic heterocycles. The second-order valence-electron chi connectivity index (χ2n) is 4.69. The van der Waals surface area contributed by atoms with E-state index in [1.807, 2.05) is 6.92 Å². The molecule has 0 aliphatic heterocycles. The maximum absolute atomic E-state index is 11.7. The molecule has 0 heterocycles. The zero-order valence-corrected chi connectivity index (χ0v) is 10.2. The lowest BCUT2D eigenvalue weighted by Gasteiger charge is -2.12. The van der Waals surface area contributed by atoms with E-state index in [0.717, 1.165) is 0 Å². The summed E-state index contributed by atoms with van der Waals surface area (Å²) in [5, 5.41) is 20.9. The predicted octanol–water partition coefficient (Wildman–Crippen LogP) is 0.764. The molecule has 0 saturated heterocycles. The number of hydrogen-bond acceptors (Lipinski definition) is 3. The molecule has 5 nitrogen and oxygen atoms in total. The van der Waals surface area contributed by atoms with Crippen LogP contribution < -0.4 is 5.32 Å². The highest BCUT2D eigenvalue weighted by Crippen LogP contribution is 2.30. The molecule has 98 valence electrons. The van der Waals surface area contributed by atoms with Gasteiger partial charge in [-0.3, -0.25) is 9.59 Å². The smallest absolute Gasteiger partial charge is 0.306 e. The quantitative estimate of drug-likeness (QED) is 0.643. The first-order valence-electron chi connectivity index (χ1n) is 6.23. The average molecular weight is 243 g/mol. The highest BCUT2D eigenvalue weighted by Gasteiger charge is 2.33. The van der Waals surface area contributed by atoms with Gasteiger partial charge in [-0.15, -0.1) is 0 Å². The van der Waals surface area contributed by atoms with E-state index in [-0.39, 0.29) is 23.8 Å². The summed E-state index contributed by atoms with van der Waals surface area (Å²) in [5.74, 6) is -1.42. The number of hydrogen-bond donors (Lipinski definition) is 3. The summed E-state index contributed by atoms with van der Waals surface area (Å²) in [5.41, 5.74) is 0. The molecule has 1 aliphatic carbocycles. The van der Waals surface area contributed by atoms with E-state index >= 15 is 0 Å². The molecule has 1 rings (SSSR count). The van der Waals surface area contributed by atoms with Crippen molar-refractivity contribution in [1.82, 2.24) is 5.32 Å². The van der Waals surface area contributed by atoms with Crippen LogP contribution in [0, 0.1) is 11.8 Å². The molecular formula is C12H21NO4. The first-order valence-corrected chi connectivity index (χ1v) is 6.23. The van der Waals surface area contributed by atoms with Crippen molar-refractivity contribution in [2.45, 2.75) is 45.1 Å². The van der Waals surface area contributed by atoms with Crippen molar-refractivity contribution >= 4 is 11.9 Å². The lowest BCUT2D eigenvalue weighted by atomic mass is 10.0. The number of aliphatic carboxylic acids is 1. The monoisotopic (exact) mass is 243 g/mol. The Morgan fingerprint density at radius 3 is 2.53 bits per heavy atom. The second-order valence-corrected chi connectivity index (χ2v) is 4.69. The first kappa shape index (κ1) is 14.0. The first-order chi connectivity index (χ1) is 8.04. The number of aliphatic hydroxyl groups is 1. The molecule has 1 amide bonds. The maximum atomic E-state index is 11.7. The standard InChI is InChI=1S/C12H21NO4/c1-2-10(14)5-6-13-11(15)8-3-4-9(7-8)12(16)17/h8-10,14H,2-7H2,1H3,(H,13,15)(H,16,17). The largest absolute Gasteiger partial charge is 0.481 e. The third-order valence-electron chi connectivity index (χ3n) is 3.40. The van der Waals surface area contributed by atoms with Crippen LogP contribution >= 0.6 is 0 Å². The molecule has 3 unspecified atom stereocenters. The maximum Gasteiger partial charge on any atom is 0.306 e. The fraction of sp³-hybridized carbons (Fsp3) is 0.833. The van der Waals surface area contributed by atoms with Gasteiger partial charge < -0.3 is 15.5 Å². The summed E-state index contributed by atoms with van der Waals surface area (Å²) in [7, 11) is 0. The summed E-state index contributed by atoms with van der Waals surface area (Å²) in [6.45, 7) is 2.35. The van der Waals surface area contributed by atoms with Crippen molar-refractivity contribution in [2.24, 2.45) is 11.8 Å². The Hall–Kier alpha value is -1.10. The summed E-state index contributed by atoms with van der Waals surface area (Å²) >= 11 is 0. The highest BCUT2D eigenvalue weighted by atomic mass is 16.4. The number of carbonyl (C=O) groups is 2. The molecule has 0 spiro atoms. The van der Waals surface area contributed by atoms with Gasteiger partial charge in [0.25, 0.3) is 0 Å². The van der Waals surface area contributed by atoms with Crippen LogP contribution in [0.25, 0.3) is 0 Å². The zero-order valence-electron chi connectivity index (χ0n) is 10.2. The molecular weight excluding hydrogens is 222 g/mol. The Balaban J connectivity index is 2.23. The van der Waals surface area contributed by atoms with E-state index in [1.54, 1.807) is 0 Å². The Bertz CT molecular complexity index is 280. The Morgan fingerprint density at radius 2 is 2.00 bits per heavy atom. The number of carboxylic acids is 1. The fourth-order valence-electron chi connectivity index (χ4n) is 2.15. The highest BCUT2D eigenvalue weighted by molar-refractivity contribution is 5.80. The van der Waals surface area contributed by atoms with E-state index < -0.39 is 5.97 Å². The van der Waals surface area contributed by atoms with Crippen molar-refractivity contribution < 1.29 is 19.8 Å². The minimum atomic E-state index is -0.804. The van der Waals surface area contributed by atoms with Gasteiger partial charge in [0.05, 0.1) is 12.0 Å². The SMILES string of the molecule is CCC(O)CCNC(=O)C1CCC(C(=O)O)C1. The molecule has 0 bridgehead atoms. The van der Waals surface area contributed by atoms with Gasteiger partial charge in [0, 0.05) is 12.5 Å². The van der Waals surface area contributed by atoms with Gasteiger partial charge in [-0.05, 0) is 32.1 Å². The third-order valence-corrected chi connectivity index (χ3v) is 3.40. The number of nitrogens with one attached hydrogen (secondary N) is 1. The van der Waals surface area contributed by atoms with Gasteiger partial charge in [0.2, 0.25) is 5.91 Å². The molecule has 3 N–H and O–H groups in total. The minimum absolute atomic E-state index is 0.0722. The van der Waals surface area contributed by atoms with E-state index in [0.29, 0.717) is 38.6 Å². The van der Waals surface area contributed by atoms with Gasteiger partial charge in [0.1, 0.15) is 0 Å². The van der Waals surface area contributed by atoms with Gasteiger partial charge in [0.15, 0.2) is 0 Å². The molecule has 1 fully saturated rings. The lowest BCUT2D eigenvalue weighted by molar-refractivity contribution is -0.141. The van der Waals surface area contributed by atoms with Crippen LogP contribution in [0.1, 0.15) is 39.0 Å². The van der Waals surface area contributed by atoms with E-state index in [4.69, 9.17) is 5.11 Å². The third kappa shape index (κ3) is 4.34. The van der Waals surface area contributed by atoms with Crippen molar-refractivity contribution in [1.29, 1.82) is 0 Å². The lowest BCUT2D eigenvalue weighted by Crippen LogP contribution is -2.32. The number of carbonyl (C=O) groups excluding carboxylic acids is 1. The number of aliphatic hydroxyl groups excluding tert-OH is 1. The van der Waals surface area contributed by atoms with Crippen LogP contribution in [0.15, 0.2) is 0 Å². The number of rotatable bonds is 6. The van der Waals surface area contributed by atoms with Crippen LogP contribution in [0.5, 0.6) is 0 Å². The van der Waals surface area contributed by atoms with Gasteiger partial charge in [-0.2, -0.15) is 0 Å². The average Bonchev–Trinajstić information content (AvgIpc) is 2.78. The number of amides is 1. The van der Waals surface area contributed by atoms with Crippen LogP contribution in [-0.4, -0.2) is 34.7 Å². The predicted molar refractivity (Wildman–Crippen MR) is 62.4 cm³/mol. The van der Waals surface area contributed by atoms with E-state index in [1.165, 1.54) is 0 Å². The van der Waals surface area contributed by atoms with Crippen molar-refractivity contribution in [3.63, 3.8) is 0 Å². The van der Waals surface area contributed by atoms with E-state index in [9.17, 15) is 14.7 Å². The molecule has 0 aromatic carbocycles. The normalized spacial score (nSPS) is 25.5. The Morgan fingerprint density at radius 1 is 1.35 bits per heavy atom. The van der Waals surface area contributed by atoms with Crippen molar-refractivity contribution in [3.8, 4) is 0 Å². The zero-order chi connectivity index (χ0) is 12.8. The molecule has 0 radical (unpaired) electrons. The second kappa shape index (κ2) is 6.59. The Labute approximate surface area is 101 Å². The fourth-order valence-corrected chi connectivity index (χ4v) is 2.15. The molecule has 3 atom stereocenters. The van der Waals surface area contributed by atoms with Crippen molar-refractivity contribution in [2.75, 3.05) is 6.54 Å². The summed E-state index contributed by atoms with van der Waals surface area (Å²) in [4.78, 5) is 22.4. The van der Waals surface area contributed by atoms with Crippen LogP contribution in [0.3, 0.4) is 0 Å². The van der Waals surface area contributed by atoms with E-state index in [2.05, 4.69) is 5.32 Å². The summed E-state index contributed by atoms with van der Waals surface area (Å²) < 4.78 is 0. The van der Waals surface area contributed by atoms with Gasteiger partial charge >= 0.3 is 5.97 Å². The molecule has 1 saturated carbocycles. The van der Waals surface area contributed by atoms with Gasteiger partial charge in [-0.1, -0.05) is 6.92 Å². The molecule has 1 aliphatic rings. The minimum Gasteiger partial charge on any atom is -0.481 e. The summed E-state index contributed by atoms with van der Waals surface area (Å²) in [6, 6.07) is 0. The molecule has 5 heteroatoms. The van der Waals surface area contributed by atoms with Crippen LogP contribution in [0.2, 0.25) is 0 Å². The Kier molecular flexibility index (Phi) is 5.41. The molecule has 0 aromatic rings.